The number of nitrogens with one attached hydrogen (secondary N) is 3. The second-order valence-electron chi connectivity index (χ2n) is 15.1. The molecule has 2 aromatic heterocycles. The highest BCUT2D eigenvalue weighted by molar-refractivity contribution is 6.74. The maximum absolute atomic E-state index is 12.1. The van der Waals surface area contributed by atoms with Crippen LogP contribution in [-0.4, -0.2) is 41.1 Å². The third-order valence-corrected chi connectivity index (χ3v) is 14.7. The van der Waals surface area contributed by atoms with Crippen LogP contribution in [0.25, 0.3) is 33.1 Å². The number of carbonyl (C=O) groups is 1. The minimum atomic E-state index is -2.20. The van der Waals surface area contributed by atoms with Crippen molar-refractivity contribution in [2.75, 3.05) is 11.9 Å². The molecule has 1 amide bonds. The lowest BCUT2D eigenvalue weighted by atomic mass is 9.99. The summed E-state index contributed by atoms with van der Waals surface area (Å²) < 4.78 is 13.0. The Morgan fingerprint density at radius 3 is 2.45 bits per heavy atom. The van der Waals surface area contributed by atoms with E-state index in [-0.39, 0.29) is 22.5 Å². The Labute approximate surface area is 310 Å². The highest BCUT2D eigenvalue weighted by Crippen LogP contribution is 2.41. The summed E-state index contributed by atoms with van der Waals surface area (Å²) in [4.78, 5) is 31.1. The molecule has 4 aromatic carbocycles. The number of fused-ring (bicyclic) bond motifs is 2. The molecule has 5 N–H and O–H groups in total. The van der Waals surface area contributed by atoms with Gasteiger partial charge in [-0.05, 0) is 90.0 Å². The highest BCUT2D eigenvalue weighted by Gasteiger charge is 2.39. The van der Waals surface area contributed by atoms with E-state index in [4.69, 9.17) is 13.8 Å². The number of aromatic nitrogens is 2. The first kappa shape index (κ1) is 37.5. The average Bonchev–Trinajstić information content (AvgIpc) is 3.52. The third kappa shape index (κ3) is 9.05. The normalized spacial score (nSPS) is 12.7. The van der Waals surface area contributed by atoms with Gasteiger partial charge in [0.2, 0.25) is 5.56 Å². The van der Waals surface area contributed by atoms with Crippen molar-refractivity contribution in [2.45, 2.75) is 77.2 Å². The number of H-pyrrole nitrogens is 1. The number of carboxylic acid groups (broad SMARTS) is 1. The van der Waals surface area contributed by atoms with E-state index in [1.807, 2.05) is 66.7 Å². The van der Waals surface area contributed by atoms with Crippen LogP contribution in [-0.2, 0) is 23.8 Å². The fraction of sp³-hybridized carbons (Fsp3) is 0.310. The summed E-state index contributed by atoms with van der Waals surface area (Å²) in [6.45, 7) is 12.2. The van der Waals surface area contributed by atoms with E-state index in [0.29, 0.717) is 36.6 Å². The molecule has 0 bridgehead atoms. The number of unbranched alkanes of at least 4 members (excludes halogenated alkanes) is 1. The first-order chi connectivity index (χ1) is 25.3. The van der Waals surface area contributed by atoms with Crippen molar-refractivity contribution in [3.8, 4) is 16.9 Å². The van der Waals surface area contributed by atoms with Gasteiger partial charge in [-0.1, -0.05) is 75.4 Å². The second-order valence-corrected chi connectivity index (χ2v) is 19.8. The zero-order chi connectivity index (χ0) is 37.8. The zero-order valence-corrected chi connectivity index (χ0v) is 32.0. The summed E-state index contributed by atoms with van der Waals surface area (Å²) in [5.41, 5.74) is 7.11. The van der Waals surface area contributed by atoms with Crippen molar-refractivity contribution >= 4 is 42.1 Å². The van der Waals surface area contributed by atoms with E-state index in [1.54, 1.807) is 12.1 Å². The number of anilines is 1. The number of rotatable bonds is 14. The van der Waals surface area contributed by atoms with Gasteiger partial charge in [-0.2, -0.15) is 0 Å². The van der Waals surface area contributed by atoms with Gasteiger partial charge in [-0.25, -0.2) is 9.78 Å². The number of aromatic amines is 1. The summed E-state index contributed by atoms with van der Waals surface area (Å²) in [5, 5.41) is 26.8. The van der Waals surface area contributed by atoms with Gasteiger partial charge in [0.05, 0.1) is 17.3 Å². The lowest BCUT2D eigenvalue weighted by molar-refractivity contribution is 0.181. The molecule has 0 saturated heterocycles. The first-order valence-corrected chi connectivity index (χ1v) is 21.0. The summed E-state index contributed by atoms with van der Waals surface area (Å²) in [7, 11) is -2.20. The Morgan fingerprint density at radius 1 is 0.943 bits per heavy atom. The van der Waals surface area contributed by atoms with Crippen LogP contribution in [0.2, 0.25) is 18.1 Å². The number of hydrogen-bond acceptors (Lipinski definition) is 7. The molecule has 1 atom stereocenters. The van der Waals surface area contributed by atoms with Crippen LogP contribution >= 0.6 is 0 Å². The van der Waals surface area contributed by atoms with Crippen molar-refractivity contribution in [2.24, 2.45) is 0 Å². The number of aromatic hydroxyl groups is 1. The van der Waals surface area contributed by atoms with Crippen LogP contribution in [0.1, 0.15) is 62.3 Å². The predicted molar refractivity (Wildman–Crippen MR) is 213 cm³/mol. The molecule has 0 spiro atoms. The number of amides is 1. The SMILES string of the molecule is CC(C)(C)[Si](C)(C)O[C@@H](CNCc1ccc2oc(CCCCc3ccc(-c4ccccc4)c(NC(=O)O)c3)nc2c1)c1ccc(O)c2[nH]c(=O)ccc12. The smallest absolute Gasteiger partial charge is 0.409 e. The number of aryl methyl sites for hydroxylation is 2. The van der Waals surface area contributed by atoms with E-state index in [0.717, 1.165) is 63.6 Å². The molecule has 0 saturated carbocycles. The summed E-state index contributed by atoms with van der Waals surface area (Å²) in [6.07, 6.45) is 1.87. The average molecular weight is 733 g/mol. The third-order valence-electron chi connectivity index (χ3n) is 10.2. The number of oxazole rings is 1. The van der Waals surface area contributed by atoms with Crippen LogP contribution in [0, 0.1) is 0 Å². The minimum Gasteiger partial charge on any atom is -0.506 e. The van der Waals surface area contributed by atoms with Gasteiger partial charge >= 0.3 is 6.09 Å². The molecule has 53 heavy (non-hydrogen) atoms. The van der Waals surface area contributed by atoms with Crippen molar-refractivity contribution in [1.82, 2.24) is 15.3 Å². The van der Waals surface area contributed by atoms with Crippen molar-refractivity contribution in [1.29, 1.82) is 0 Å². The molecule has 6 aromatic rings. The monoisotopic (exact) mass is 732 g/mol. The lowest BCUT2D eigenvalue weighted by Gasteiger charge is -2.39. The quantitative estimate of drug-likeness (QED) is 0.0549. The van der Waals surface area contributed by atoms with Crippen LogP contribution in [0.4, 0.5) is 10.5 Å². The molecule has 2 heterocycles. The van der Waals surface area contributed by atoms with Crippen molar-refractivity contribution < 1.29 is 23.9 Å². The van der Waals surface area contributed by atoms with Gasteiger partial charge < -0.3 is 29.4 Å². The Hall–Kier alpha value is -5.23. The molecule has 0 fully saturated rings. The van der Waals surface area contributed by atoms with Crippen LogP contribution in [0.5, 0.6) is 5.75 Å². The number of nitrogens with zero attached hydrogens (tertiary/aromatic N) is 1. The van der Waals surface area contributed by atoms with Gasteiger partial charge in [-0.15, -0.1) is 0 Å². The van der Waals surface area contributed by atoms with Gasteiger partial charge in [-0.3, -0.25) is 10.1 Å². The number of phenolic OH excluding ortho intramolecular Hbond substituents is 1. The minimum absolute atomic E-state index is 0.0148. The summed E-state index contributed by atoms with van der Waals surface area (Å²) in [5.74, 6) is 0.719. The molecule has 0 aliphatic heterocycles. The first-order valence-electron chi connectivity index (χ1n) is 18.1. The van der Waals surface area contributed by atoms with E-state index < -0.39 is 14.4 Å². The maximum Gasteiger partial charge on any atom is 0.409 e. The molecule has 0 aliphatic carbocycles. The Balaban J connectivity index is 1.09. The van der Waals surface area contributed by atoms with Gasteiger partial charge in [0.25, 0.3) is 0 Å². The van der Waals surface area contributed by atoms with Gasteiger partial charge in [0.1, 0.15) is 11.3 Å². The molecule has 0 radical (unpaired) electrons. The van der Waals surface area contributed by atoms with Crippen molar-refractivity contribution in [3.63, 3.8) is 0 Å². The van der Waals surface area contributed by atoms with Gasteiger partial charge in [0.15, 0.2) is 19.8 Å². The zero-order valence-electron chi connectivity index (χ0n) is 31.0. The van der Waals surface area contributed by atoms with Gasteiger partial charge in [0, 0.05) is 36.5 Å². The topological polar surface area (TPSA) is 150 Å². The lowest BCUT2D eigenvalue weighted by Crippen LogP contribution is -2.43. The van der Waals surface area contributed by atoms with Crippen molar-refractivity contribution in [3.05, 3.63) is 124 Å². The Kier molecular flexibility index (Phi) is 11.2. The van der Waals surface area contributed by atoms with Crippen LogP contribution < -0.4 is 16.2 Å². The molecule has 0 aliphatic rings. The van der Waals surface area contributed by atoms with E-state index in [2.05, 4.69) is 55.5 Å². The second kappa shape index (κ2) is 15.8. The van der Waals surface area contributed by atoms with E-state index in [1.165, 1.54) is 6.07 Å². The molecule has 6 rings (SSSR count). The molecule has 10 nitrogen and oxygen atoms in total. The predicted octanol–water partition coefficient (Wildman–Crippen LogP) is 9.55. The van der Waals surface area contributed by atoms with Crippen LogP contribution in [0.3, 0.4) is 0 Å². The van der Waals surface area contributed by atoms with E-state index >= 15 is 0 Å². The Bertz CT molecular complexity index is 2280. The summed E-state index contributed by atoms with van der Waals surface area (Å²) >= 11 is 0. The molecular formula is C42H48N4O6Si. The highest BCUT2D eigenvalue weighted by atomic mass is 28.4. The molecular weight excluding hydrogens is 685 g/mol. The van der Waals surface area contributed by atoms with Crippen LogP contribution in [0.15, 0.2) is 100 Å². The Morgan fingerprint density at radius 2 is 1.70 bits per heavy atom. The largest absolute Gasteiger partial charge is 0.506 e. The fourth-order valence-corrected chi connectivity index (χ4v) is 7.59. The van der Waals surface area contributed by atoms with E-state index in [9.17, 15) is 19.8 Å². The fourth-order valence-electron chi connectivity index (χ4n) is 6.31. The molecule has 0 unspecified atom stereocenters. The molecule has 276 valence electrons. The number of benzene rings is 4. The number of hydrogen-bond donors (Lipinski definition) is 5. The standard InChI is InChI=1S/C42H48N4O6Si/c1-42(2,3)53(4,5)52-37(31-18-20-35(47)40-32(31)19-22-38(48)46-40)26-43-25-28-16-21-36-34(24-28)44-39(51-36)14-10-9-11-27-15-17-30(29-12-7-6-8-13-29)33(23-27)45-41(49)50/h6-8,12-13,15-24,37,43,45,47H,9-11,14,25-26H2,1-5H3,(H,46,48)(H,49,50)/t37-/m0/s1. The maximum atomic E-state index is 12.1. The number of phenols is 1. The molecule has 11 heteroatoms. The summed E-state index contributed by atoms with van der Waals surface area (Å²) in [6, 6.07) is 28.5. The number of pyridine rings is 1.